The Morgan fingerprint density at radius 3 is 2.20 bits per heavy atom. The number of phenols is 1. The van der Waals surface area contributed by atoms with Gasteiger partial charge in [0.05, 0.1) is 13.2 Å². The third kappa shape index (κ3) is 2.23. The topological polar surface area (TPSA) is 29.5 Å². The molecule has 0 atom stereocenters. The van der Waals surface area contributed by atoms with Crippen molar-refractivity contribution >= 4 is 10.9 Å². The molecule has 1 aliphatic rings. The molecule has 1 saturated heterocycles. The van der Waals surface area contributed by atoms with Crippen molar-refractivity contribution in [3.63, 3.8) is 0 Å². The molecule has 2 nitrogen and oxygen atoms in total. The summed E-state index contributed by atoms with van der Waals surface area (Å²) in [5.41, 5.74) is 0. The first-order valence-electron chi connectivity index (χ1n) is 4.62. The lowest BCUT2D eigenvalue weighted by Crippen LogP contribution is -2.26. The van der Waals surface area contributed by atoms with Gasteiger partial charge in [0.1, 0.15) is 11.5 Å². The van der Waals surface area contributed by atoms with E-state index in [-0.39, 0.29) is 10.9 Å². The van der Waals surface area contributed by atoms with E-state index in [1.54, 1.807) is 0 Å². The second-order valence-corrected chi connectivity index (χ2v) is 5.52. The molecule has 0 amide bonds. The highest BCUT2D eigenvalue weighted by Gasteiger charge is 2.27. The van der Waals surface area contributed by atoms with Crippen LogP contribution in [0.2, 0.25) is 0 Å². The van der Waals surface area contributed by atoms with Crippen molar-refractivity contribution in [3.8, 4) is 5.75 Å². The minimum absolute atomic E-state index is 0.153. The lowest BCUT2D eigenvalue weighted by molar-refractivity contribution is 0.159. The molecule has 82 valence electrons. The van der Waals surface area contributed by atoms with Crippen molar-refractivity contribution in [2.75, 3.05) is 24.7 Å². The highest BCUT2D eigenvalue weighted by atomic mass is 32.2. The molecular formula is C10H11F2O2S+. The van der Waals surface area contributed by atoms with Gasteiger partial charge in [-0.15, -0.1) is 0 Å². The minimum atomic E-state index is -0.893. The molecule has 0 radical (unpaired) electrons. The lowest BCUT2D eigenvalue weighted by Gasteiger charge is -2.14. The second-order valence-electron chi connectivity index (χ2n) is 3.25. The zero-order chi connectivity index (χ0) is 10.8. The van der Waals surface area contributed by atoms with Gasteiger partial charge in [-0.2, -0.15) is 0 Å². The van der Waals surface area contributed by atoms with E-state index in [2.05, 4.69) is 0 Å². The van der Waals surface area contributed by atoms with Crippen LogP contribution in [0.25, 0.3) is 0 Å². The molecule has 1 N–H and O–H groups in total. The van der Waals surface area contributed by atoms with Crippen LogP contribution >= 0.6 is 0 Å². The van der Waals surface area contributed by atoms with Crippen LogP contribution in [0.15, 0.2) is 17.0 Å². The van der Waals surface area contributed by atoms with E-state index in [0.29, 0.717) is 18.1 Å². The van der Waals surface area contributed by atoms with Crippen molar-refractivity contribution in [2.45, 2.75) is 4.90 Å². The van der Waals surface area contributed by atoms with Gasteiger partial charge in [0.25, 0.3) is 0 Å². The summed E-state index contributed by atoms with van der Waals surface area (Å²) in [6, 6.07) is 2.43. The van der Waals surface area contributed by atoms with Crippen molar-refractivity contribution in [2.24, 2.45) is 0 Å². The Morgan fingerprint density at radius 1 is 1.13 bits per heavy atom. The van der Waals surface area contributed by atoms with Crippen molar-refractivity contribution in [1.82, 2.24) is 0 Å². The molecule has 0 saturated carbocycles. The predicted octanol–water partition coefficient (Wildman–Crippen LogP) is 1.68. The quantitative estimate of drug-likeness (QED) is 0.748. The zero-order valence-electron chi connectivity index (χ0n) is 8.00. The average molecular weight is 233 g/mol. The number of benzene rings is 1. The van der Waals surface area contributed by atoms with Crippen LogP contribution in [0, 0.1) is 11.6 Å². The average Bonchev–Trinajstić information content (AvgIpc) is 2.26. The SMILES string of the molecule is Oc1c(F)cc([S+]2CCOCC2)cc1F. The van der Waals surface area contributed by atoms with Gasteiger partial charge < -0.3 is 9.84 Å². The highest BCUT2D eigenvalue weighted by molar-refractivity contribution is 7.97. The maximum Gasteiger partial charge on any atom is 0.188 e. The van der Waals surface area contributed by atoms with Gasteiger partial charge in [-0.1, -0.05) is 0 Å². The van der Waals surface area contributed by atoms with Crippen LogP contribution < -0.4 is 0 Å². The number of rotatable bonds is 1. The molecule has 1 aromatic rings. The first kappa shape index (κ1) is 10.7. The molecule has 15 heavy (non-hydrogen) atoms. The smallest absolute Gasteiger partial charge is 0.188 e. The Kier molecular flexibility index (Phi) is 3.11. The third-order valence-electron chi connectivity index (χ3n) is 2.27. The first-order valence-corrected chi connectivity index (χ1v) is 6.18. The Labute approximate surface area is 89.2 Å². The van der Waals surface area contributed by atoms with Gasteiger partial charge in [0.2, 0.25) is 0 Å². The number of aromatic hydroxyl groups is 1. The highest BCUT2D eigenvalue weighted by Crippen LogP contribution is 2.26. The number of phenolic OH excluding ortho intramolecular Hbond substituents is 1. The number of halogens is 2. The molecule has 0 spiro atoms. The monoisotopic (exact) mass is 233 g/mol. The normalized spacial score (nSPS) is 18.0. The lowest BCUT2D eigenvalue weighted by atomic mass is 10.3. The largest absolute Gasteiger partial charge is 0.503 e. The van der Waals surface area contributed by atoms with Crippen LogP contribution in [0.3, 0.4) is 0 Å². The summed E-state index contributed by atoms with van der Waals surface area (Å²) in [6.07, 6.45) is 0. The fraction of sp³-hybridized carbons (Fsp3) is 0.400. The molecule has 1 heterocycles. The van der Waals surface area contributed by atoms with E-state index in [0.717, 1.165) is 11.5 Å². The Hall–Kier alpha value is -0.810. The summed E-state index contributed by atoms with van der Waals surface area (Å²) < 4.78 is 31.3. The summed E-state index contributed by atoms with van der Waals surface area (Å²) in [4.78, 5) is 0.631. The second kappa shape index (κ2) is 4.37. The molecule has 2 rings (SSSR count). The zero-order valence-corrected chi connectivity index (χ0v) is 8.82. The van der Waals surface area contributed by atoms with Gasteiger partial charge >= 0.3 is 0 Å². The van der Waals surface area contributed by atoms with E-state index < -0.39 is 17.4 Å². The van der Waals surface area contributed by atoms with Crippen LogP contribution in [0.4, 0.5) is 8.78 Å². The summed E-state index contributed by atoms with van der Waals surface area (Å²) in [7, 11) is -0.153. The molecule has 0 bridgehead atoms. The van der Waals surface area contributed by atoms with E-state index >= 15 is 0 Å². The van der Waals surface area contributed by atoms with Crippen LogP contribution in [0.1, 0.15) is 0 Å². The van der Waals surface area contributed by atoms with Gasteiger partial charge in [0.15, 0.2) is 22.3 Å². The predicted molar refractivity (Wildman–Crippen MR) is 54.2 cm³/mol. The minimum Gasteiger partial charge on any atom is -0.503 e. The number of hydrogen-bond acceptors (Lipinski definition) is 2. The fourth-order valence-electron chi connectivity index (χ4n) is 1.47. The van der Waals surface area contributed by atoms with Crippen LogP contribution in [-0.2, 0) is 15.6 Å². The Morgan fingerprint density at radius 2 is 1.67 bits per heavy atom. The van der Waals surface area contributed by atoms with Crippen molar-refractivity contribution in [3.05, 3.63) is 23.8 Å². The van der Waals surface area contributed by atoms with Gasteiger partial charge in [-0.05, 0) is 0 Å². The fourth-order valence-corrected chi connectivity index (χ4v) is 3.32. The molecular weight excluding hydrogens is 222 g/mol. The maximum absolute atomic E-state index is 13.1. The Balaban J connectivity index is 2.27. The van der Waals surface area contributed by atoms with Gasteiger partial charge in [0, 0.05) is 23.0 Å². The maximum atomic E-state index is 13.1. The molecule has 0 aliphatic carbocycles. The van der Waals surface area contributed by atoms with Gasteiger partial charge in [-0.25, -0.2) is 8.78 Å². The van der Waals surface area contributed by atoms with E-state index in [1.165, 1.54) is 12.1 Å². The summed E-state index contributed by atoms with van der Waals surface area (Å²) in [5.74, 6) is -1.07. The van der Waals surface area contributed by atoms with E-state index in [9.17, 15) is 8.78 Å². The summed E-state index contributed by atoms with van der Waals surface area (Å²) in [5, 5.41) is 8.96. The summed E-state index contributed by atoms with van der Waals surface area (Å²) >= 11 is 0. The van der Waals surface area contributed by atoms with Crippen molar-refractivity contribution < 1.29 is 18.6 Å². The third-order valence-corrected chi connectivity index (χ3v) is 4.49. The molecule has 1 aromatic carbocycles. The molecule has 0 aromatic heterocycles. The number of ether oxygens (including phenoxy) is 1. The molecule has 1 aliphatic heterocycles. The van der Waals surface area contributed by atoms with Crippen molar-refractivity contribution in [1.29, 1.82) is 0 Å². The van der Waals surface area contributed by atoms with E-state index in [1.807, 2.05) is 0 Å². The van der Waals surface area contributed by atoms with E-state index in [4.69, 9.17) is 9.84 Å². The first-order chi connectivity index (χ1) is 7.18. The molecule has 5 heteroatoms. The standard InChI is InChI=1S/C10H10F2O2S/c11-8-5-7(6-9(12)10(8)13)15-3-1-14-2-4-15/h5-6H,1-4H2/p+1. The number of hydrogen-bond donors (Lipinski definition) is 1. The van der Waals surface area contributed by atoms with Gasteiger partial charge in [-0.3, -0.25) is 0 Å². The van der Waals surface area contributed by atoms with Crippen LogP contribution in [-0.4, -0.2) is 29.8 Å². The molecule has 0 unspecified atom stereocenters. The molecule has 1 fully saturated rings. The summed E-state index contributed by atoms with van der Waals surface area (Å²) in [6.45, 7) is 1.26. The van der Waals surface area contributed by atoms with Crippen LogP contribution in [0.5, 0.6) is 5.75 Å². The Bertz CT molecular complexity index is 341.